The van der Waals surface area contributed by atoms with E-state index >= 15 is 0 Å². The second-order valence-electron chi connectivity index (χ2n) is 10.2. The highest BCUT2D eigenvalue weighted by atomic mass is 19.1. The van der Waals surface area contributed by atoms with Gasteiger partial charge in [0.2, 0.25) is 0 Å². The highest BCUT2D eigenvalue weighted by molar-refractivity contribution is 5.92. The molecule has 2 aromatic carbocycles. The number of aromatic nitrogens is 1. The van der Waals surface area contributed by atoms with Crippen molar-refractivity contribution in [3.05, 3.63) is 77.4 Å². The molecule has 0 radical (unpaired) electrons. The van der Waals surface area contributed by atoms with Gasteiger partial charge in [0.15, 0.2) is 0 Å². The lowest BCUT2D eigenvalue weighted by Crippen LogP contribution is -2.39. The minimum Gasteiger partial charge on any atom is -0.493 e. The maximum atomic E-state index is 13.6. The van der Waals surface area contributed by atoms with Crippen LogP contribution in [0.25, 0.3) is 11.1 Å². The van der Waals surface area contributed by atoms with Crippen molar-refractivity contribution < 1.29 is 18.7 Å². The zero-order valence-corrected chi connectivity index (χ0v) is 22.4. The summed E-state index contributed by atoms with van der Waals surface area (Å²) in [5, 5.41) is 3.26. The highest BCUT2D eigenvalue weighted by Gasteiger charge is 2.44. The molecule has 1 saturated heterocycles. The third-order valence-corrected chi connectivity index (χ3v) is 7.71. The Morgan fingerprint density at radius 3 is 2.39 bits per heavy atom. The SMILES string of the molecule is CCOc1cc(CN2CC[C@H]3C(NC(=O)c4cc(C)ccn4)CC[C@H]32)cc(OCC)c1-c1ccc(F)cc1. The van der Waals surface area contributed by atoms with E-state index in [2.05, 4.69) is 27.3 Å². The average Bonchev–Trinajstić information content (AvgIpc) is 3.48. The molecule has 3 aromatic rings. The van der Waals surface area contributed by atoms with Crippen LogP contribution < -0.4 is 14.8 Å². The Labute approximate surface area is 224 Å². The quantitative estimate of drug-likeness (QED) is 0.390. The van der Waals surface area contributed by atoms with E-state index in [1.54, 1.807) is 18.3 Å². The van der Waals surface area contributed by atoms with Crippen molar-refractivity contribution in [1.29, 1.82) is 0 Å². The molecular formula is C31H36FN3O3. The number of nitrogens with zero attached hydrogens (tertiary/aromatic N) is 2. The van der Waals surface area contributed by atoms with Crippen molar-refractivity contribution in [1.82, 2.24) is 15.2 Å². The van der Waals surface area contributed by atoms with Crippen LogP contribution in [0.5, 0.6) is 11.5 Å². The predicted octanol–water partition coefficient (Wildman–Crippen LogP) is 5.78. The minimum atomic E-state index is -0.272. The molecule has 200 valence electrons. The largest absolute Gasteiger partial charge is 0.493 e. The van der Waals surface area contributed by atoms with Crippen molar-refractivity contribution in [2.75, 3.05) is 19.8 Å². The van der Waals surface area contributed by atoms with Gasteiger partial charge < -0.3 is 14.8 Å². The van der Waals surface area contributed by atoms with Crippen molar-refractivity contribution in [3.63, 3.8) is 0 Å². The number of carbonyl (C=O) groups excluding carboxylic acids is 1. The molecule has 2 aliphatic rings. The van der Waals surface area contributed by atoms with Gasteiger partial charge in [0.25, 0.3) is 5.91 Å². The number of nitrogens with one attached hydrogen (secondary N) is 1. The topological polar surface area (TPSA) is 63.7 Å². The number of aryl methyl sites for hydroxylation is 1. The van der Waals surface area contributed by atoms with Crippen LogP contribution >= 0.6 is 0 Å². The molecule has 2 heterocycles. The van der Waals surface area contributed by atoms with E-state index in [9.17, 15) is 9.18 Å². The summed E-state index contributed by atoms with van der Waals surface area (Å²) in [7, 11) is 0. The molecule has 1 amide bonds. The molecular weight excluding hydrogens is 481 g/mol. The van der Waals surface area contributed by atoms with Gasteiger partial charge in [0, 0.05) is 24.8 Å². The number of hydrogen-bond donors (Lipinski definition) is 1. The molecule has 1 saturated carbocycles. The first-order valence-electron chi connectivity index (χ1n) is 13.6. The van der Waals surface area contributed by atoms with Gasteiger partial charge in [-0.25, -0.2) is 4.39 Å². The van der Waals surface area contributed by atoms with E-state index in [-0.39, 0.29) is 17.8 Å². The number of halogens is 1. The van der Waals surface area contributed by atoms with Crippen molar-refractivity contribution in [2.24, 2.45) is 5.92 Å². The number of carbonyl (C=O) groups is 1. The number of amides is 1. The fraction of sp³-hybridized carbons (Fsp3) is 0.419. The van der Waals surface area contributed by atoms with Gasteiger partial charge >= 0.3 is 0 Å². The molecule has 1 aromatic heterocycles. The Morgan fingerprint density at radius 2 is 1.74 bits per heavy atom. The smallest absolute Gasteiger partial charge is 0.270 e. The molecule has 2 fully saturated rings. The summed E-state index contributed by atoms with van der Waals surface area (Å²) in [5.74, 6) is 1.57. The molecule has 1 unspecified atom stereocenters. The first kappa shape index (κ1) is 26.2. The summed E-state index contributed by atoms with van der Waals surface area (Å²) in [4.78, 5) is 19.6. The zero-order chi connectivity index (χ0) is 26.6. The Hall–Kier alpha value is -3.45. The summed E-state index contributed by atoms with van der Waals surface area (Å²) in [5.41, 5.74) is 4.36. The van der Waals surface area contributed by atoms with Gasteiger partial charge in [-0.2, -0.15) is 0 Å². The number of ether oxygens (including phenoxy) is 2. The third kappa shape index (κ3) is 5.53. The van der Waals surface area contributed by atoms with Crippen molar-refractivity contribution >= 4 is 5.91 Å². The molecule has 0 spiro atoms. The minimum absolute atomic E-state index is 0.0862. The molecule has 5 rings (SSSR count). The van der Waals surface area contributed by atoms with Crippen LogP contribution in [0.3, 0.4) is 0 Å². The van der Waals surface area contributed by atoms with Gasteiger partial charge in [-0.1, -0.05) is 12.1 Å². The van der Waals surface area contributed by atoms with Crippen LogP contribution in [0.1, 0.15) is 54.7 Å². The summed E-state index contributed by atoms with van der Waals surface area (Å²) < 4.78 is 25.7. The third-order valence-electron chi connectivity index (χ3n) is 7.71. The molecule has 3 atom stereocenters. The Balaban J connectivity index is 1.33. The molecule has 1 N–H and O–H groups in total. The average molecular weight is 518 g/mol. The van der Waals surface area contributed by atoms with Gasteiger partial charge in [-0.15, -0.1) is 0 Å². The highest BCUT2D eigenvalue weighted by Crippen LogP contribution is 2.43. The predicted molar refractivity (Wildman–Crippen MR) is 146 cm³/mol. The summed E-state index contributed by atoms with van der Waals surface area (Å²) in [6, 6.07) is 15.0. The van der Waals surface area contributed by atoms with E-state index in [1.807, 2.05) is 32.9 Å². The first-order valence-corrected chi connectivity index (χ1v) is 13.6. The number of benzene rings is 2. The molecule has 38 heavy (non-hydrogen) atoms. The molecule has 1 aliphatic carbocycles. The normalized spacial score (nSPS) is 20.8. The second-order valence-corrected chi connectivity index (χ2v) is 10.2. The van der Waals surface area contributed by atoms with Crippen molar-refractivity contribution in [3.8, 4) is 22.6 Å². The fourth-order valence-corrected chi connectivity index (χ4v) is 6.06. The van der Waals surface area contributed by atoms with E-state index in [0.717, 1.165) is 66.1 Å². The molecule has 6 nitrogen and oxygen atoms in total. The van der Waals surface area contributed by atoms with Gasteiger partial charge in [-0.05, 0) is 106 Å². The van der Waals surface area contributed by atoms with Gasteiger partial charge in [-0.3, -0.25) is 14.7 Å². The first-order chi connectivity index (χ1) is 18.5. The van der Waals surface area contributed by atoms with E-state index in [1.165, 1.54) is 12.1 Å². The summed E-state index contributed by atoms with van der Waals surface area (Å²) >= 11 is 0. The van der Waals surface area contributed by atoms with Crippen LogP contribution in [0.4, 0.5) is 4.39 Å². The summed E-state index contributed by atoms with van der Waals surface area (Å²) in [6.45, 7) is 8.71. The van der Waals surface area contributed by atoms with E-state index in [0.29, 0.717) is 30.9 Å². The zero-order valence-electron chi connectivity index (χ0n) is 22.4. The fourth-order valence-electron chi connectivity index (χ4n) is 6.06. The second kappa shape index (κ2) is 11.5. The molecule has 0 bridgehead atoms. The van der Waals surface area contributed by atoms with E-state index < -0.39 is 0 Å². The van der Waals surface area contributed by atoms with Gasteiger partial charge in [0.05, 0.1) is 18.8 Å². The molecule has 1 aliphatic heterocycles. The van der Waals surface area contributed by atoms with Crippen LogP contribution in [0, 0.1) is 18.7 Å². The van der Waals surface area contributed by atoms with Crippen LogP contribution in [-0.4, -0.2) is 47.6 Å². The number of hydrogen-bond acceptors (Lipinski definition) is 5. The van der Waals surface area contributed by atoms with E-state index in [4.69, 9.17) is 9.47 Å². The van der Waals surface area contributed by atoms with Crippen LogP contribution in [0.2, 0.25) is 0 Å². The maximum absolute atomic E-state index is 13.6. The number of fused-ring (bicyclic) bond motifs is 1. The lowest BCUT2D eigenvalue weighted by atomic mass is 9.99. The maximum Gasteiger partial charge on any atom is 0.270 e. The summed E-state index contributed by atoms with van der Waals surface area (Å²) in [6.07, 6.45) is 4.77. The monoisotopic (exact) mass is 517 g/mol. The lowest BCUT2D eigenvalue weighted by molar-refractivity contribution is 0.0921. The number of rotatable bonds is 9. The van der Waals surface area contributed by atoms with Crippen LogP contribution in [-0.2, 0) is 6.54 Å². The number of pyridine rings is 1. The Bertz CT molecular complexity index is 1250. The Kier molecular flexibility index (Phi) is 7.93. The standard InChI is InChI=1S/C31H36FN3O3/c1-4-37-28-17-21(18-29(38-5-2)30(28)22-6-8-23(32)9-7-22)19-35-15-13-24-25(10-11-27(24)35)34-31(36)26-16-20(3)12-14-33-26/h6-9,12,14,16-18,24-25,27H,4-5,10-11,13,15,19H2,1-3H3,(H,34,36)/t24-,25?,27+/m0/s1. The molecule has 7 heteroatoms. The number of likely N-dealkylation sites (tertiary alicyclic amines) is 1. The Morgan fingerprint density at radius 1 is 1.03 bits per heavy atom. The van der Waals surface area contributed by atoms with Crippen molar-refractivity contribution in [2.45, 2.75) is 58.7 Å². The lowest BCUT2D eigenvalue weighted by Gasteiger charge is -2.26. The van der Waals surface area contributed by atoms with Gasteiger partial charge in [0.1, 0.15) is 23.0 Å². The van der Waals surface area contributed by atoms with Crippen LogP contribution in [0.15, 0.2) is 54.7 Å².